The van der Waals surface area contributed by atoms with Crippen LogP contribution in [0.2, 0.25) is 0 Å². The molecule has 6 heterocycles. The largest absolute Gasteiger partial charge is 0.500 e. The van der Waals surface area contributed by atoms with Gasteiger partial charge in [0.05, 0.1) is 11.0 Å². The van der Waals surface area contributed by atoms with Crippen LogP contribution in [0.3, 0.4) is 0 Å². The first-order valence-electron chi connectivity index (χ1n) is 21.0. The Balaban J connectivity index is 0.000000139. The Morgan fingerprint density at radius 3 is 1.81 bits per heavy atom. The van der Waals surface area contributed by atoms with Gasteiger partial charge in [0.25, 0.3) is 0 Å². The molecule has 10 nitrogen and oxygen atoms in total. The van der Waals surface area contributed by atoms with E-state index in [-0.39, 0.29) is 36.4 Å². The quantitative estimate of drug-likeness (QED) is 0.119. The van der Waals surface area contributed by atoms with Gasteiger partial charge in [-0.15, -0.1) is 23.8 Å². The monoisotopic (exact) mass is 1060 g/mol. The maximum absolute atomic E-state index is 12.9. The number of pyridine rings is 3. The van der Waals surface area contributed by atoms with E-state index in [0.717, 1.165) is 75.3 Å². The molecule has 0 fully saturated rings. The standard InChI is InChI=1S/C24H14NO3.2C16H13NO2.Ir/c26-24-19-8-4-5-9-22(19)28-23-11-10-16(14-20(23)24)21-15-18(12-13-25-21)27-17-6-2-1-3-7-17;2*1-2-14-5-3-12-9-11(4-6-16(12)19-14)15-10-13(18)7-8-17-15;/h1-9,11-15H;2*2,4-10H,1,3H2,(H,17,18);/q-1;;;. The van der Waals surface area contributed by atoms with Crippen molar-refractivity contribution in [3.05, 3.63) is 255 Å². The predicted molar refractivity (Wildman–Crippen MR) is 259 cm³/mol. The van der Waals surface area contributed by atoms with Gasteiger partial charge in [-0.2, -0.15) is 0 Å². The third-order valence-electron chi connectivity index (χ3n) is 10.7. The number of para-hydroxylation sites is 2. The van der Waals surface area contributed by atoms with Gasteiger partial charge in [-0.05, 0) is 143 Å². The van der Waals surface area contributed by atoms with Crippen LogP contribution in [-0.4, -0.2) is 15.0 Å². The number of nitrogens with one attached hydrogen (secondary N) is 2. The number of benzene rings is 5. The van der Waals surface area contributed by atoms with Crippen molar-refractivity contribution >= 4 is 21.9 Å². The molecule has 2 aliphatic rings. The summed E-state index contributed by atoms with van der Waals surface area (Å²) in [6.45, 7) is 7.40. The third kappa shape index (κ3) is 10.6. The van der Waals surface area contributed by atoms with E-state index in [1.54, 1.807) is 73.2 Å². The molecule has 0 atom stereocenters. The molecule has 0 saturated heterocycles. The fourth-order valence-electron chi connectivity index (χ4n) is 7.39. The molecule has 1 radical (unpaired) electrons. The van der Waals surface area contributed by atoms with Crippen molar-refractivity contribution in [3.8, 4) is 56.8 Å². The van der Waals surface area contributed by atoms with Crippen LogP contribution in [0.15, 0.2) is 226 Å². The smallest absolute Gasteiger partial charge is 0.182 e. The van der Waals surface area contributed by atoms with E-state index in [1.165, 1.54) is 12.1 Å². The number of nitrogens with zero attached hydrogens (tertiary/aromatic N) is 1. The molecular formula is C56H40IrN3O7-. The zero-order valence-electron chi connectivity index (χ0n) is 35.8. The van der Waals surface area contributed by atoms with Crippen LogP contribution in [0.1, 0.15) is 11.1 Å². The number of rotatable bonds is 7. The molecule has 4 aromatic heterocycles. The predicted octanol–water partition coefficient (Wildman–Crippen LogP) is 11.7. The van der Waals surface area contributed by atoms with E-state index in [2.05, 4.69) is 34.2 Å². The molecule has 0 saturated carbocycles. The van der Waals surface area contributed by atoms with E-state index in [0.29, 0.717) is 38.9 Å². The summed E-state index contributed by atoms with van der Waals surface area (Å²) in [7, 11) is 0. The van der Waals surface area contributed by atoms with Gasteiger partial charge < -0.3 is 33.6 Å². The van der Waals surface area contributed by atoms with E-state index in [4.69, 9.17) is 18.6 Å². The Hall–Kier alpha value is -8.37. The van der Waals surface area contributed by atoms with Crippen LogP contribution in [0.4, 0.5) is 0 Å². The van der Waals surface area contributed by atoms with Crippen molar-refractivity contribution in [2.75, 3.05) is 0 Å². The summed E-state index contributed by atoms with van der Waals surface area (Å²) in [6.07, 6.45) is 14.0. The summed E-state index contributed by atoms with van der Waals surface area (Å²) in [4.78, 5) is 46.2. The second-order valence-electron chi connectivity index (χ2n) is 15.1. The first-order valence-corrected chi connectivity index (χ1v) is 21.0. The van der Waals surface area contributed by atoms with E-state index >= 15 is 0 Å². The van der Waals surface area contributed by atoms with Crippen molar-refractivity contribution in [1.29, 1.82) is 0 Å². The van der Waals surface area contributed by atoms with Gasteiger partial charge in [0.1, 0.15) is 40.1 Å². The van der Waals surface area contributed by atoms with Crippen molar-refractivity contribution in [2.45, 2.75) is 12.8 Å². The number of aromatic amines is 2. The Morgan fingerprint density at radius 2 is 1.21 bits per heavy atom. The number of allylic oxidation sites excluding steroid dienone is 4. The van der Waals surface area contributed by atoms with Gasteiger partial charge in [0.15, 0.2) is 16.3 Å². The molecule has 2 aliphatic heterocycles. The second-order valence-corrected chi connectivity index (χ2v) is 15.1. The molecule has 5 aromatic carbocycles. The molecule has 0 unspecified atom stereocenters. The molecule has 11 heteroatoms. The summed E-state index contributed by atoms with van der Waals surface area (Å²) in [5, 5.41) is 1.06. The summed E-state index contributed by atoms with van der Waals surface area (Å²) in [6, 6.07) is 45.0. The maximum atomic E-state index is 12.9. The molecule has 0 amide bonds. The Kier molecular flexibility index (Phi) is 13.9. The zero-order chi connectivity index (χ0) is 45.4. The Bertz CT molecular complexity index is 3410. The zero-order valence-corrected chi connectivity index (χ0v) is 38.2. The van der Waals surface area contributed by atoms with Crippen LogP contribution >= 0.6 is 0 Å². The Labute approximate surface area is 398 Å². The first-order chi connectivity index (χ1) is 32.3. The molecule has 0 bridgehead atoms. The normalized spacial score (nSPS) is 12.1. The van der Waals surface area contributed by atoms with Gasteiger partial charge in [0, 0.05) is 74.3 Å². The van der Waals surface area contributed by atoms with Gasteiger partial charge in [-0.1, -0.05) is 43.5 Å². The fraction of sp³-hybridized carbons (Fsp3) is 0.0357. The van der Waals surface area contributed by atoms with Gasteiger partial charge in [0.2, 0.25) is 0 Å². The van der Waals surface area contributed by atoms with E-state index in [1.807, 2.05) is 97.1 Å². The van der Waals surface area contributed by atoms with E-state index < -0.39 is 0 Å². The van der Waals surface area contributed by atoms with Crippen LogP contribution in [0.5, 0.6) is 23.0 Å². The third-order valence-corrected chi connectivity index (χ3v) is 10.7. The summed E-state index contributed by atoms with van der Waals surface area (Å²) in [5.74, 6) is 4.67. The number of ether oxygens (including phenoxy) is 3. The van der Waals surface area contributed by atoms with Crippen molar-refractivity contribution in [3.63, 3.8) is 0 Å². The Morgan fingerprint density at radius 1 is 0.612 bits per heavy atom. The molecule has 0 spiro atoms. The molecule has 9 aromatic rings. The van der Waals surface area contributed by atoms with Crippen molar-refractivity contribution in [1.82, 2.24) is 15.0 Å². The summed E-state index contributed by atoms with van der Waals surface area (Å²) < 4.78 is 23.1. The minimum Gasteiger partial charge on any atom is -0.500 e. The number of hydrogen-bond donors (Lipinski definition) is 2. The van der Waals surface area contributed by atoms with Gasteiger partial charge >= 0.3 is 0 Å². The van der Waals surface area contributed by atoms with Crippen LogP contribution < -0.4 is 30.5 Å². The molecule has 11 rings (SSSR count). The molecule has 67 heavy (non-hydrogen) atoms. The SMILES string of the molecule is C=CC1=CCc2cc(-c3cc(=O)cc[nH]3)ccc2O1.C=CC1=CCc2cc(-c3cc(=O)cc[nH]3)ccc2O1.O=c1c2ccccc2oc2c[c-]c(-c3cc(Oc4ccccc4)ccn3)cc12.[Ir]. The number of H-pyrrole nitrogens is 2. The topological polar surface area (TPSA) is 137 Å². The number of hydrogen-bond acceptors (Lipinski definition) is 8. The van der Waals surface area contributed by atoms with Crippen molar-refractivity contribution in [2.24, 2.45) is 0 Å². The van der Waals surface area contributed by atoms with Crippen LogP contribution in [-0.2, 0) is 32.9 Å². The fourth-order valence-corrected chi connectivity index (χ4v) is 7.39. The molecular weight excluding hydrogens is 1020 g/mol. The van der Waals surface area contributed by atoms with Crippen LogP contribution in [0, 0.1) is 6.07 Å². The molecule has 2 N–H and O–H groups in total. The number of fused-ring (bicyclic) bond motifs is 4. The molecule has 0 aliphatic carbocycles. The molecule has 331 valence electrons. The second kappa shape index (κ2) is 20.6. The van der Waals surface area contributed by atoms with Crippen molar-refractivity contribution < 1.29 is 38.7 Å². The number of aromatic nitrogens is 3. The average molecular weight is 1060 g/mol. The minimum atomic E-state index is -0.0659. The summed E-state index contributed by atoms with van der Waals surface area (Å²) >= 11 is 0. The van der Waals surface area contributed by atoms with Gasteiger partial charge in [-0.25, -0.2) is 0 Å². The van der Waals surface area contributed by atoms with Crippen LogP contribution in [0.25, 0.3) is 55.7 Å². The van der Waals surface area contributed by atoms with Gasteiger partial charge in [-0.3, -0.25) is 14.4 Å². The summed E-state index contributed by atoms with van der Waals surface area (Å²) in [5.41, 5.74) is 8.17. The first kappa shape index (κ1) is 45.2. The average Bonchev–Trinajstić information content (AvgIpc) is 3.36. The maximum Gasteiger partial charge on any atom is 0.182 e. The van der Waals surface area contributed by atoms with E-state index in [9.17, 15) is 14.4 Å². The minimum absolute atomic E-state index is 0.